The van der Waals surface area contributed by atoms with Gasteiger partial charge in [0.1, 0.15) is 5.75 Å². The molecule has 1 aromatic carbocycles. The highest BCUT2D eigenvalue weighted by Crippen LogP contribution is 2.29. The topological polar surface area (TPSA) is 80.7 Å². The maximum Gasteiger partial charge on any atom is 0.230 e. The van der Waals surface area contributed by atoms with E-state index >= 15 is 0 Å². The minimum Gasteiger partial charge on any atom is -0.438 e. The molecule has 2 aromatic rings. The molecule has 0 radical (unpaired) electrons. The molecule has 5 nitrogen and oxygen atoms in total. The fourth-order valence-electron chi connectivity index (χ4n) is 2.07. The second-order valence-electron chi connectivity index (χ2n) is 5.10. The molecular formula is C16H19N3O2. The van der Waals surface area contributed by atoms with Crippen LogP contribution in [-0.4, -0.2) is 16.0 Å². The van der Waals surface area contributed by atoms with Crippen molar-refractivity contribution < 1.29 is 9.94 Å². The van der Waals surface area contributed by atoms with Gasteiger partial charge < -0.3 is 15.7 Å². The van der Waals surface area contributed by atoms with Crippen molar-refractivity contribution in [3.63, 3.8) is 0 Å². The van der Waals surface area contributed by atoms with Crippen LogP contribution in [0.5, 0.6) is 11.6 Å². The summed E-state index contributed by atoms with van der Waals surface area (Å²) < 4.78 is 5.92. The van der Waals surface area contributed by atoms with E-state index in [9.17, 15) is 0 Å². The third-order valence-electron chi connectivity index (χ3n) is 3.35. The fraction of sp³-hybridized carbons (Fsp3) is 0.250. The van der Waals surface area contributed by atoms with Gasteiger partial charge in [0.15, 0.2) is 5.84 Å². The maximum absolute atomic E-state index is 8.87. The van der Waals surface area contributed by atoms with Gasteiger partial charge >= 0.3 is 0 Å². The molecule has 0 bridgehead atoms. The summed E-state index contributed by atoms with van der Waals surface area (Å²) in [5.74, 6) is 1.02. The molecule has 21 heavy (non-hydrogen) atoms. The average molecular weight is 285 g/mol. The number of nitrogens with zero attached hydrogens (tertiary/aromatic N) is 2. The van der Waals surface area contributed by atoms with Crippen molar-refractivity contribution in [3.8, 4) is 11.6 Å². The number of hydrogen-bond acceptors (Lipinski definition) is 4. The minimum absolute atomic E-state index is 0.0282. The summed E-state index contributed by atoms with van der Waals surface area (Å²) >= 11 is 0. The number of rotatable bonds is 3. The molecule has 0 aliphatic rings. The van der Waals surface area contributed by atoms with E-state index in [1.165, 1.54) is 0 Å². The predicted molar refractivity (Wildman–Crippen MR) is 82.2 cm³/mol. The number of pyridine rings is 1. The Morgan fingerprint density at radius 1 is 1.19 bits per heavy atom. The van der Waals surface area contributed by atoms with Crippen molar-refractivity contribution in [3.05, 3.63) is 52.2 Å². The largest absolute Gasteiger partial charge is 0.438 e. The number of amidine groups is 1. The van der Waals surface area contributed by atoms with Crippen molar-refractivity contribution in [2.45, 2.75) is 27.7 Å². The monoisotopic (exact) mass is 285 g/mol. The number of aromatic nitrogens is 1. The molecule has 0 saturated carbocycles. The molecule has 5 heteroatoms. The van der Waals surface area contributed by atoms with Crippen molar-refractivity contribution in [1.29, 1.82) is 0 Å². The Balaban J connectivity index is 2.51. The molecule has 0 amide bonds. The Morgan fingerprint density at radius 2 is 1.90 bits per heavy atom. The maximum atomic E-state index is 8.87. The van der Waals surface area contributed by atoms with Gasteiger partial charge in [0.05, 0.1) is 5.56 Å². The smallest absolute Gasteiger partial charge is 0.230 e. The molecular weight excluding hydrogens is 266 g/mol. The highest BCUT2D eigenvalue weighted by atomic mass is 16.5. The van der Waals surface area contributed by atoms with E-state index in [1.54, 1.807) is 12.1 Å². The van der Waals surface area contributed by atoms with Gasteiger partial charge in [-0.05, 0) is 62.6 Å². The van der Waals surface area contributed by atoms with Crippen LogP contribution in [0.4, 0.5) is 0 Å². The van der Waals surface area contributed by atoms with Crippen molar-refractivity contribution in [2.75, 3.05) is 0 Å². The van der Waals surface area contributed by atoms with E-state index < -0.39 is 0 Å². The first-order chi connectivity index (χ1) is 9.92. The Bertz CT molecular complexity index is 709. The van der Waals surface area contributed by atoms with Gasteiger partial charge in [-0.1, -0.05) is 11.2 Å². The molecule has 1 heterocycles. The van der Waals surface area contributed by atoms with E-state index in [1.807, 2.05) is 33.8 Å². The predicted octanol–water partition coefficient (Wildman–Crippen LogP) is 3.20. The number of aryl methyl sites for hydroxylation is 3. The van der Waals surface area contributed by atoms with Crippen molar-refractivity contribution >= 4 is 5.84 Å². The highest BCUT2D eigenvalue weighted by molar-refractivity contribution is 5.99. The van der Waals surface area contributed by atoms with Crippen molar-refractivity contribution in [1.82, 2.24) is 4.98 Å². The van der Waals surface area contributed by atoms with Crippen LogP contribution in [-0.2, 0) is 0 Å². The molecule has 110 valence electrons. The van der Waals surface area contributed by atoms with Crippen LogP contribution in [0, 0.1) is 27.7 Å². The minimum atomic E-state index is -0.0282. The SMILES string of the molecule is Cc1cc(C)c(C)c(Oc2nc(C)ccc2C(N)=NO)c1. The molecule has 0 unspecified atom stereocenters. The lowest BCUT2D eigenvalue weighted by Crippen LogP contribution is -2.15. The fourth-order valence-corrected chi connectivity index (χ4v) is 2.07. The molecule has 1 aromatic heterocycles. The van der Waals surface area contributed by atoms with E-state index in [2.05, 4.69) is 16.2 Å². The van der Waals surface area contributed by atoms with E-state index in [0.717, 1.165) is 28.1 Å². The molecule has 0 spiro atoms. The Morgan fingerprint density at radius 3 is 2.57 bits per heavy atom. The summed E-state index contributed by atoms with van der Waals surface area (Å²) in [4.78, 5) is 4.34. The summed E-state index contributed by atoms with van der Waals surface area (Å²) in [6.45, 7) is 7.89. The second-order valence-corrected chi connectivity index (χ2v) is 5.10. The zero-order valence-corrected chi connectivity index (χ0v) is 12.6. The summed E-state index contributed by atoms with van der Waals surface area (Å²) in [6, 6.07) is 7.55. The lowest BCUT2D eigenvalue weighted by atomic mass is 10.1. The zero-order chi connectivity index (χ0) is 15.6. The molecule has 0 aliphatic heterocycles. The standard InChI is InChI=1S/C16H19N3O2/c1-9-7-10(2)12(4)14(8-9)21-16-13(15(17)19-20)6-5-11(3)18-16/h5-8,20H,1-4H3,(H2,17,19). The lowest BCUT2D eigenvalue weighted by molar-refractivity contribution is 0.318. The molecule has 0 fully saturated rings. The van der Waals surface area contributed by atoms with Gasteiger partial charge in [0, 0.05) is 5.69 Å². The summed E-state index contributed by atoms with van der Waals surface area (Å²) in [5.41, 5.74) is 10.2. The quantitative estimate of drug-likeness (QED) is 0.393. The van der Waals surface area contributed by atoms with Crippen LogP contribution in [0.3, 0.4) is 0 Å². The van der Waals surface area contributed by atoms with E-state index in [4.69, 9.17) is 15.7 Å². The second kappa shape index (κ2) is 5.83. The van der Waals surface area contributed by atoms with Crippen LogP contribution < -0.4 is 10.5 Å². The van der Waals surface area contributed by atoms with Crippen LogP contribution in [0.1, 0.15) is 27.9 Å². The first-order valence-corrected chi connectivity index (χ1v) is 6.63. The summed E-state index contributed by atoms with van der Waals surface area (Å²) in [5, 5.41) is 11.9. The number of hydrogen-bond donors (Lipinski definition) is 2. The highest BCUT2D eigenvalue weighted by Gasteiger charge is 2.13. The lowest BCUT2D eigenvalue weighted by Gasteiger charge is -2.14. The zero-order valence-electron chi connectivity index (χ0n) is 12.6. The van der Waals surface area contributed by atoms with Gasteiger partial charge in [-0.15, -0.1) is 0 Å². The third-order valence-corrected chi connectivity index (χ3v) is 3.35. The molecule has 0 atom stereocenters. The Hall–Kier alpha value is -2.56. The van der Waals surface area contributed by atoms with Crippen LogP contribution >= 0.6 is 0 Å². The Labute approximate surface area is 124 Å². The molecule has 0 saturated heterocycles. The number of nitrogens with two attached hydrogens (primary N) is 1. The normalized spacial score (nSPS) is 11.5. The van der Waals surface area contributed by atoms with Gasteiger partial charge in [0.25, 0.3) is 0 Å². The first kappa shape index (κ1) is 14.8. The number of ether oxygens (including phenoxy) is 1. The van der Waals surface area contributed by atoms with Gasteiger partial charge in [-0.2, -0.15) is 0 Å². The van der Waals surface area contributed by atoms with Gasteiger partial charge in [-0.3, -0.25) is 0 Å². The average Bonchev–Trinajstić information content (AvgIpc) is 2.43. The summed E-state index contributed by atoms with van der Waals surface area (Å²) in [6.07, 6.45) is 0. The van der Waals surface area contributed by atoms with Crippen LogP contribution in [0.25, 0.3) is 0 Å². The summed E-state index contributed by atoms with van der Waals surface area (Å²) in [7, 11) is 0. The van der Waals surface area contributed by atoms with E-state index in [0.29, 0.717) is 11.4 Å². The van der Waals surface area contributed by atoms with Crippen LogP contribution in [0.15, 0.2) is 29.4 Å². The van der Waals surface area contributed by atoms with Gasteiger partial charge in [0.2, 0.25) is 5.88 Å². The Kier molecular flexibility index (Phi) is 4.12. The molecule has 0 aliphatic carbocycles. The number of oxime groups is 1. The number of benzene rings is 1. The third kappa shape index (κ3) is 3.13. The van der Waals surface area contributed by atoms with Crippen LogP contribution in [0.2, 0.25) is 0 Å². The van der Waals surface area contributed by atoms with E-state index in [-0.39, 0.29) is 5.84 Å². The first-order valence-electron chi connectivity index (χ1n) is 6.63. The van der Waals surface area contributed by atoms with Gasteiger partial charge in [-0.25, -0.2) is 4.98 Å². The van der Waals surface area contributed by atoms with Crippen molar-refractivity contribution in [2.24, 2.45) is 10.9 Å². The molecule has 2 rings (SSSR count). The molecule has 3 N–H and O–H groups in total.